The Morgan fingerprint density at radius 2 is 2.00 bits per heavy atom. The summed E-state index contributed by atoms with van der Waals surface area (Å²) in [5.41, 5.74) is 1.25. The molecule has 1 aromatic rings. The van der Waals surface area contributed by atoms with Crippen LogP contribution in [0.1, 0.15) is 32.3 Å². The highest BCUT2D eigenvalue weighted by molar-refractivity contribution is 5.27. The van der Waals surface area contributed by atoms with Crippen LogP contribution in [-0.2, 0) is 6.54 Å². The summed E-state index contributed by atoms with van der Waals surface area (Å²) in [7, 11) is 0. The summed E-state index contributed by atoms with van der Waals surface area (Å²) in [5.74, 6) is 0.921. The first-order chi connectivity index (χ1) is 8.26. The van der Waals surface area contributed by atoms with Crippen molar-refractivity contribution in [1.29, 1.82) is 0 Å². The van der Waals surface area contributed by atoms with E-state index < -0.39 is 0 Å². The Morgan fingerprint density at radius 1 is 1.29 bits per heavy atom. The van der Waals surface area contributed by atoms with Gasteiger partial charge in [-0.3, -0.25) is 0 Å². The van der Waals surface area contributed by atoms with Gasteiger partial charge in [-0.2, -0.15) is 0 Å². The highest BCUT2D eigenvalue weighted by Crippen LogP contribution is 2.12. The minimum absolute atomic E-state index is 0.273. The Kier molecular flexibility index (Phi) is 6.67. The predicted octanol–water partition coefficient (Wildman–Crippen LogP) is 2.34. The van der Waals surface area contributed by atoms with Gasteiger partial charge in [-0.05, 0) is 44.4 Å². The van der Waals surface area contributed by atoms with E-state index >= 15 is 0 Å². The first-order valence-electron chi connectivity index (χ1n) is 6.32. The van der Waals surface area contributed by atoms with Crippen LogP contribution in [0.5, 0.6) is 5.75 Å². The Labute approximate surface area is 104 Å². The lowest BCUT2D eigenvalue weighted by molar-refractivity contribution is 0.276. The molecule has 0 aromatic heterocycles. The molecule has 0 radical (unpaired) electrons. The molecule has 0 spiro atoms. The van der Waals surface area contributed by atoms with E-state index in [0.29, 0.717) is 12.6 Å². The molecule has 0 amide bonds. The van der Waals surface area contributed by atoms with Crippen LogP contribution in [0.15, 0.2) is 24.3 Å². The van der Waals surface area contributed by atoms with Crippen molar-refractivity contribution in [2.75, 3.05) is 13.2 Å². The fourth-order valence-electron chi connectivity index (χ4n) is 1.66. The third-order valence-corrected chi connectivity index (χ3v) is 2.68. The molecular weight excluding hydrogens is 214 g/mol. The van der Waals surface area contributed by atoms with Crippen molar-refractivity contribution in [3.8, 4) is 5.75 Å². The predicted molar refractivity (Wildman–Crippen MR) is 70.2 cm³/mol. The van der Waals surface area contributed by atoms with Gasteiger partial charge < -0.3 is 15.2 Å². The largest absolute Gasteiger partial charge is 0.494 e. The summed E-state index contributed by atoms with van der Waals surface area (Å²) >= 11 is 0. The van der Waals surface area contributed by atoms with E-state index in [4.69, 9.17) is 9.84 Å². The van der Waals surface area contributed by atoms with Crippen LogP contribution in [0.25, 0.3) is 0 Å². The van der Waals surface area contributed by atoms with Crippen LogP contribution < -0.4 is 10.1 Å². The molecular formula is C14H23NO2. The second-order valence-corrected chi connectivity index (χ2v) is 4.22. The molecule has 2 N–H and O–H groups in total. The highest BCUT2D eigenvalue weighted by Gasteiger charge is 2.01. The van der Waals surface area contributed by atoms with E-state index in [1.54, 1.807) is 0 Å². The van der Waals surface area contributed by atoms with Crippen LogP contribution in [0.4, 0.5) is 0 Å². The molecule has 17 heavy (non-hydrogen) atoms. The molecule has 0 saturated carbocycles. The molecule has 0 bridgehead atoms. The summed E-state index contributed by atoms with van der Waals surface area (Å²) in [6.07, 6.45) is 1.87. The first kappa shape index (κ1) is 14.0. The molecule has 3 nitrogen and oxygen atoms in total. The van der Waals surface area contributed by atoms with Gasteiger partial charge in [0, 0.05) is 19.2 Å². The lowest BCUT2D eigenvalue weighted by Gasteiger charge is -2.13. The van der Waals surface area contributed by atoms with Gasteiger partial charge in [-0.15, -0.1) is 0 Å². The van der Waals surface area contributed by atoms with Crippen molar-refractivity contribution in [1.82, 2.24) is 5.32 Å². The molecule has 0 heterocycles. The summed E-state index contributed by atoms with van der Waals surface area (Å²) in [4.78, 5) is 0. The maximum atomic E-state index is 8.74. The standard InChI is InChI=1S/C14H23NO2/c1-3-17-14-8-6-13(7-9-14)11-15-12(2)5-4-10-16/h6-9,12,15-16H,3-5,10-11H2,1-2H3. The number of hydrogen-bond donors (Lipinski definition) is 2. The lowest BCUT2D eigenvalue weighted by Crippen LogP contribution is -2.25. The molecule has 1 atom stereocenters. The van der Waals surface area contributed by atoms with Gasteiger partial charge in [0.25, 0.3) is 0 Å². The number of hydrogen-bond acceptors (Lipinski definition) is 3. The Bertz CT molecular complexity index is 298. The van der Waals surface area contributed by atoms with E-state index in [-0.39, 0.29) is 6.61 Å². The number of aliphatic hydroxyl groups is 1. The summed E-state index contributed by atoms with van der Waals surface area (Å²) in [5, 5.41) is 12.2. The topological polar surface area (TPSA) is 41.5 Å². The van der Waals surface area contributed by atoms with E-state index in [1.807, 2.05) is 19.1 Å². The van der Waals surface area contributed by atoms with Gasteiger partial charge in [-0.1, -0.05) is 12.1 Å². The molecule has 0 aliphatic rings. The Morgan fingerprint density at radius 3 is 2.59 bits per heavy atom. The zero-order chi connectivity index (χ0) is 12.5. The molecule has 3 heteroatoms. The van der Waals surface area contributed by atoms with Crippen molar-refractivity contribution in [2.24, 2.45) is 0 Å². The average molecular weight is 237 g/mol. The fraction of sp³-hybridized carbons (Fsp3) is 0.571. The fourth-order valence-corrected chi connectivity index (χ4v) is 1.66. The molecule has 1 unspecified atom stereocenters. The first-order valence-corrected chi connectivity index (χ1v) is 6.32. The Balaban J connectivity index is 2.31. The minimum atomic E-state index is 0.273. The Hall–Kier alpha value is -1.06. The van der Waals surface area contributed by atoms with Crippen molar-refractivity contribution >= 4 is 0 Å². The maximum absolute atomic E-state index is 8.74. The molecule has 0 aliphatic carbocycles. The molecule has 1 aromatic carbocycles. The lowest BCUT2D eigenvalue weighted by atomic mass is 10.1. The maximum Gasteiger partial charge on any atom is 0.119 e. The minimum Gasteiger partial charge on any atom is -0.494 e. The van der Waals surface area contributed by atoms with Gasteiger partial charge in [0.1, 0.15) is 5.75 Å². The summed E-state index contributed by atoms with van der Waals surface area (Å²) in [6, 6.07) is 8.60. The van der Waals surface area contributed by atoms with E-state index in [1.165, 1.54) is 5.56 Å². The molecule has 96 valence electrons. The molecule has 0 aliphatic heterocycles. The second kappa shape index (κ2) is 8.09. The van der Waals surface area contributed by atoms with E-state index in [9.17, 15) is 0 Å². The van der Waals surface area contributed by atoms with E-state index in [2.05, 4.69) is 24.4 Å². The quantitative estimate of drug-likeness (QED) is 0.729. The smallest absolute Gasteiger partial charge is 0.119 e. The van der Waals surface area contributed by atoms with Crippen molar-refractivity contribution in [2.45, 2.75) is 39.3 Å². The van der Waals surface area contributed by atoms with Crippen LogP contribution in [0, 0.1) is 0 Å². The average Bonchev–Trinajstić information content (AvgIpc) is 2.36. The van der Waals surface area contributed by atoms with Crippen molar-refractivity contribution in [3.05, 3.63) is 29.8 Å². The van der Waals surface area contributed by atoms with Crippen molar-refractivity contribution < 1.29 is 9.84 Å². The second-order valence-electron chi connectivity index (χ2n) is 4.22. The molecule has 1 rings (SSSR count). The van der Waals surface area contributed by atoms with Gasteiger partial charge in [0.05, 0.1) is 6.61 Å². The van der Waals surface area contributed by atoms with Gasteiger partial charge >= 0.3 is 0 Å². The summed E-state index contributed by atoms with van der Waals surface area (Å²) < 4.78 is 5.39. The molecule has 0 fully saturated rings. The van der Waals surface area contributed by atoms with Crippen LogP contribution in [-0.4, -0.2) is 24.4 Å². The van der Waals surface area contributed by atoms with Gasteiger partial charge in [-0.25, -0.2) is 0 Å². The van der Waals surface area contributed by atoms with E-state index in [0.717, 1.165) is 25.1 Å². The van der Waals surface area contributed by atoms with Gasteiger partial charge in [0.2, 0.25) is 0 Å². The number of aliphatic hydroxyl groups excluding tert-OH is 1. The summed E-state index contributed by atoms with van der Waals surface area (Å²) in [6.45, 7) is 5.96. The third kappa shape index (κ3) is 5.71. The normalized spacial score (nSPS) is 12.4. The number of nitrogens with one attached hydrogen (secondary N) is 1. The monoisotopic (exact) mass is 237 g/mol. The number of rotatable bonds is 8. The van der Waals surface area contributed by atoms with Crippen LogP contribution in [0.3, 0.4) is 0 Å². The highest BCUT2D eigenvalue weighted by atomic mass is 16.5. The third-order valence-electron chi connectivity index (χ3n) is 2.68. The SMILES string of the molecule is CCOc1ccc(CNC(C)CCCO)cc1. The van der Waals surface area contributed by atoms with Crippen molar-refractivity contribution in [3.63, 3.8) is 0 Å². The van der Waals surface area contributed by atoms with Crippen LogP contribution in [0.2, 0.25) is 0 Å². The number of benzene rings is 1. The number of ether oxygens (including phenoxy) is 1. The van der Waals surface area contributed by atoms with Gasteiger partial charge in [0.15, 0.2) is 0 Å². The zero-order valence-electron chi connectivity index (χ0n) is 10.8. The van der Waals surface area contributed by atoms with Crippen LogP contribution >= 0.6 is 0 Å². The zero-order valence-corrected chi connectivity index (χ0v) is 10.8. The molecule has 0 saturated heterocycles.